The Morgan fingerprint density at radius 3 is 2.62 bits per heavy atom. The summed E-state index contributed by atoms with van der Waals surface area (Å²) in [6.07, 6.45) is -1.36. The molecule has 4 rings (SSSR count). The molecule has 0 saturated carbocycles. The summed E-state index contributed by atoms with van der Waals surface area (Å²) in [4.78, 5) is 72.6. The van der Waals surface area contributed by atoms with Gasteiger partial charge in [0.25, 0.3) is 23.6 Å². The van der Waals surface area contributed by atoms with Gasteiger partial charge in [0.05, 0.1) is 0 Å². The number of oxime groups is 1. The zero-order valence-electron chi connectivity index (χ0n) is 21.4. The minimum atomic E-state index is -1.36. The first kappa shape index (κ1) is 30.4. The lowest BCUT2D eigenvalue weighted by molar-refractivity contribution is -0.150. The summed E-state index contributed by atoms with van der Waals surface area (Å²) in [7, 11) is 0. The fourth-order valence-corrected chi connectivity index (χ4v) is 5.96. The fraction of sp³-hybridized carbons (Fsp3) is 0.261. The van der Waals surface area contributed by atoms with Crippen molar-refractivity contribution in [3.05, 3.63) is 46.1 Å². The summed E-state index contributed by atoms with van der Waals surface area (Å²) >= 11 is 8.06. The zero-order chi connectivity index (χ0) is 30.7. The van der Waals surface area contributed by atoms with E-state index in [0.717, 1.165) is 28.4 Å². The Hall–Kier alpha value is -4.55. The van der Waals surface area contributed by atoms with Crippen LogP contribution in [0.5, 0.6) is 11.5 Å². The van der Waals surface area contributed by atoms with Gasteiger partial charge in [0.1, 0.15) is 22.8 Å². The number of benzene rings is 1. The maximum Gasteiger partial charge on any atom is 0.352 e. The molecule has 1 aromatic heterocycles. The standard InChI is InChI=1S/C23H22ClN7O9S2/c1-8(17(34)28-29-18(35)9-2-3-12(32)13(33)4-9)40-30-14(11-7-42-23(25)26-11)19(36)27-15-20(37)31-16(22(38)39)10(5-24)6-41-21(15)31/h2-4,7-8,15,21,32-33H,5-6H2,1H3,(H2,25,26)(H,27,36)(H,28,34)(H,29,35)(H,38,39)/t8?,15?,21-/m0/s1. The number of thiazole rings is 1. The minimum absolute atomic E-state index is 0.0153. The number of phenols is 2. The van der Waals surface area contributed by atoms with Crippen LogP contribution in [-0.2, 0) is 24.0 Å². The van der Waals surface area contributed by atoms with E-state index in [0.29, 0.717) is 5.57 Å². The van der Waals surface area contributed by atoms with Gasteiger partial charge in [-0.1, -0.05) is 5.16 Å². The number of carboxylic acids is 1. The van der Waals surface area contributed by atoms with Crippen molar-refractivity contribution in [1.29, 1.82) is 0 Å². The average molecular weight is 640 g/mol. The number of rotatable bonds is 9. The van der Waals surface area contributed by atoms with Crippen LogP contribution in [0.15, 0.2) is 40.0 Å². The molecule has 0 radical (unpaired) electrons. The van der Waals surface area contributed by atoms with Crippen molar-refractivity contribution in [1.82, 2.24) is 26.1 Å². The smallest absolute Gasteiger partial charge is 0.352 e. The van der Waals surface area contributed by atoms with Gasteiger partial charge in [0, 0.05) is 22.6 Å². The van der Waals surface area contributed by atoms with Crippen LogP contribution < -0.4 is 21.9 Å². The van der Waals surface area contributed by atoms with Crippen molar-refractivity contribution in [2.75, 3.05) is 17.4 Å². The zero-order valence-corrected chi connectivity index (χ0v) is 23.7. The first-order chi connectivity index (χ1) is 19.9. The van der Waals surface area contributed by atoms with E-state index in [1.807, 2.05) is 0 Å². The Bertz CT molecular complexity index is 1530. The average Bonchev–Trinajstić information content (AvgIpc) is 3.40. The number of aromatic hydroxyl groups is 2. The van der Waals surface area contributed by atoms with Gasteiger partial charge in [-0.3, -0.25) is 34.9 Å². The summed E-state index contributed by atoms with van der Waals surface area (Å²) in [5.74, 6) is -5.37. The van der Waals surface area contributed by atoms with Crippen molar-refractivity contribution in [3.8, 4) is 11.5 Å². The SMILES string of the molecule is CC(ON=C(C(=O)NC1C(=O)N2C(C(=O)O)=C(CCl)CS[C@@H]12)c1csc(N)n1)C(=O)NNC(=O)c1ccc(O)c(O)c1. The highest BCUT2D eigenvalue weighted by Gasteiger charge is 2.54. The topological polar surface area (TPSA) is 246 Å². The normalized spacial score (nSPS) is 18.9. The van der Waals surface area contributed by atoms with Crippen LogP contribution >= 0.6 is 34.7 Å². The first-order valence-electron chi connectivity index (χ1n) is 11.8. The Morgan fingerprint density at radius 1 is 1.26 bits per heavy atom. The van der Waals surface area contributed by atoms with Gasteiger partial charge < -0.3 is 31.2 Å². The number of nitrogens with two attached hydrogens (primary N) is 1. The number of hydrazine groups is 1. The number of fused-ring (bicyclic) bond motifs is 1. The number of hydrogen-bond donors (Lipinski definition) is 7. The Morgan fingerprint density at radius 2 is 2.00 bits per heavy atom. The number of thioether (sulfide) groups is 1. The van der Waals surface area contributed by atoms with Crippen LogP contribution in [0, 0.1) is 0 Å². The minimum Gasteiger partial charge on any atom is -0.504 e. The number of nitrogens with one attached hydrogen (secondary N) is 3. The van der Waals surface area contributed by atoms with E-state index in [1.165, 1.54) is 30.1 Å². The maximum absolute atomic E-state index is 13.2. The van der Waals surface area contributed by atoms with Gasteiger partial charge in [-0.25, -0.2) is 9.78 Å². The number of halogens is 1. The number of carboxylic acid groups (broad SMARTS) is 1. The number of alkyl halides is 1. The largest absolute Gasteiger partial charge is 0.504 e. The number of carbonyl (C=O) groups is 5. The number of aromatic nitrogens is 1. The molecule has 2 aliphatic rings. The molecule has 3 atom stereocenters. The second kappa shape index (κ2) is 12.5. The number of aliphatic carboxylic acids is 1. The number of phenolic OH excluding ortho intramolecular Hbond substituents is 2. The predicted octanol–water partition coefficient (Wildman–Crippen LogP) is -0.316. The van der Waals surface area contributed by atoms with Crippen LogP contribution in [0.25, 0.3) is 0 Å². The quantitative estimate of drug-likeness (QED) is 0.0613. The lowest BCUT2D eigenvalue weighted by Gasteiger charge is -2.49. The number of carbonyl (C=O) groups excluding carboxylic acids is 4. The van der Waals surface area contributed by atoms with Gasteiger partial charge in [0.2, 0.25) is 6.10 Å². The van der Waals surface area contributed by atoms with E-state index in [-0.39, 0.29) is 33.7 Å². The second-order valence-corrected chi connectivity index (χ2v) is 10.9. The summed E-state index contributed by atoms with van der Waals surface area (Å²) in [6.45, 7) is 1.27. The molecule has 0 bridgehead atoms. The van der Waals surface area contributed by atoms with E-state index in [2.05, 4.69) is 26.3 Å². The molecule has 0 aliphatic carbocycles. The predicted molar refractivity (Wildman–Crippen MR) is 149 cm³/mol. The van der Waals surface area contributed by atoms with Crippen molar-refractivity contribution >= 4 is 75.1 Å². The van der Waals surface area contributed by atoms with E-state index < -0.39 is 64.3 Å². The monoisotopic (exact) mass is 639 g/mol. The van der Waals surface area contributed by atoms with E-state index >= 15 is 0 Å². The molecule has 8 N–H and O–H groups in total. The molecule has 3 heterocycles. The van der Waals surface area contributed by atoms with Crippen molar-refractivity contribution in [3.63, 3.8) is 0 Å². The molecule has 1 fully saturated rings. The fourth-order valence-electron chi connectivity index (χ4n) is 3.73. The summed E-state index contributed by atoms with van der Waals surface area (Å²) < 4.78 is 0. The molecule has 19 heteroatoms. The molecule has 2 aliphatic heterocycles. The summed E-state index contributed by atoms with van der Waals surface area (Å²) in [5, 5.41) is 35.5. The van der Waals surface area contributed by atoms with Gasteiger partial charge in [-0.15, -0.1) is 34.7 Å². The van der Waals surface area contributed by atoms with Crippen LogP contribution in [0.1, 0.15) is 23.0 Å². The number of amides is 4. The Kier molecular flexibility index (Phi) is 9.08. The highest BCUT2D eigenvalue weighted by Crippen LogP contribution is 2.40. The maximum atomic E-state index is 13.2. The molecule has 0 spiro atoms. The van der Waals surface area contributed by atoms with E-state index in [9.17, 15) is 39.3 Å². The molecule has 4 amide bonds. The summed E-state index contributed by atoms with van der Waals surface area (Å²) in [6, 6.07) is 2.19. The lowest BCUT2D eigenvalue weighted by atomic mass is 10.0. The van der Waals surface area contributed by atoms with Gasteiger partial charge in [-0.2, -0.15) is 0 Å². The highest BCUT2D eigenvalue weighted by molar-refractivity contribution is 8.00. The molecule has 2 aromatic rings. The van der Waals surface area contributed by atoms with Crippen LogP contribution in [0.2, 0.25) is 0 Å². The molecular weight excluding hydrogens is 618 g/mol. The Balaban J connectivity index is 1.43. The summed E-state index contributed by atoms with van der Waals surface area (Å²) in [5.41, 5.74) is 9.53. The number of nitrogen functional groups attached to an aromatic ring is 1. The lowest BCUT2D eigenvalue weighted by Crippen LogP contribution is -2.71. The van der Waals surface area contributed by atoms with Gasteiger partial charge in [0.15, 0.2) is 22.3 Å². The third-order valence-corrected chi connectivity index (χ3v) is 8.22. The molecule has 1 aromatic carbocycles. The molecular formula is C23H22ClN7O9S2. The third kappa shape index (κ3) is 6.19. The van der Waals surface area contributed by atoms with Crippen molar-refractivity contribution in [2.45, 2.75) is 24.4 Å². The van der Waals surface area contributed by atoms with E-state index in [1.54, 1.807) is 0 Å². The molecule has 2 unspecified atom stereocenters. The van der Waals surface area contributed by atoms with Crippen molar-refractivity contribution in [2.24, 2.45) is 5.16 Å². The third-order valence-electron chi connectivity index (χ3n) is 5.89. The van der Waals surface area contributed by atoms with Gasteiger partial charge in [-0.05, 0) is 30.7 Å². The molecule has 1 saturated heterocycles. The first-order valence-corrected chi connectivity index (χ1v) is 14.2. The molecule has 222 valence electrons. The molecule has 42 heavy (non-hydrogen) atoms. The second-order valence-electron chi connectivity index (χ2n) is 8.66. The van der Waals surface area contributed by atoms with Crippen LogP contribution in [0.4, 0.5) is 5.13 Å². The Labute approximate surface area is 249 Å². The highest BCUT2D eigenvalue weighted by atomic mass is 35.5. The number of β-lactam (4-membered cyclic amide) rings is 1. The van der Waals surface area contributed by atoms with Crippen LogP contribution in [0.3, 0.4) is 0 Å². The van der Waals surface area contributed by atoms with Crippen LogP contribution in [-0.4, -0.2) is 89.7 Å². The molecule has 16 nitrogen and oxygen atoms in total. The number of nitrogens with zero attached hydrogens (tertiary/aromatic N) is 3. The van der Waals surface area contributed by atoms with Crippen molar-refractivity contribution < 1.29 is 44.1 Å². The van der Waals surface area contributed by atoms with Gasteiger partial charge >= 0.3 is 5.97 Å². The number of anilines is 1. The number of hydrogen-bond acceptors (Lipinski definition) is 13. The van der Waals surface area contributed by atoms with E-state index in [4.69, 9.17) is 22.2 Å².